The smallest absolute Gasteiger partial charge is 0.250 e. The maximum atomic E-state index is 12.8. The Labute approximate surface area is 97.9 Å². The first-order chi connectivity index (χ1) is 8.08. The third-order valence-electron chi connectivity index (χ3n) is 2.50. The average Bonchev–Trinajstić information content (AvgIpc) is 2.30. The van der Waals surface area contributed by atoms with Gasteiger partial charge in [-0.05, 0) is 35.4 Å². The topological polar surface area (TPSA) is 69.1 Å². The van der Waals surface area contributed by atoms with Crippen molar-refractivity contribution >= 4 is 11.6 Å². The molecule has 0 unspecified atom stereocenters. The summed E-state index contributed by atoms with van der Waals surface area (Å²) in [6.07, 6.45) is 0. The van der Waals surface area contributed by atoms with E-state index in [1.807, 2.05) is 0 Å². The number of benzene rings is 2. The molecule has 0 radical (unpaired) electrons. The first-order valence-electron chi connectivity index (χ1n) is 5.03. The summed E-state index contributed by atoms with van der Waals surface area (Å²) in [5, 5.41) is 0. The van der Waals surface area contributed by atoms with Gasteiger partial charge in [0.15, 0.2) is 0 Å². The number of amides is 1. The van der Waals surface area contributed by atoms with Crippen LogP contribution in [0.1, 0.15) is 10.4 Å². The molecule has 0 aromatic heterocycles. The van der Waals surface area contributed by atoms with E-state index in [0.29, 0.717) is 5.69 Å². The molecular weight excluding hydrogens is 219 g/mol. The number of carbonyl (C=O) groups is 1. The molecule has 2 aromatic carbocycles. The zero-order valence-electron chi connectivity index (χ0n) is 8.98. The minimum absolute atomic E-state index is 0.270. The van der Waals surface area contributed by atoms with Crippen LogP contribution in [0.5, 0.6) is 0 Å². The highest BCUT2D eigenvalue weighted by molar-refractivity contribution is 5.99. The number of hydrogen-bond donors (Lipinski definition) is 2. The van der Waals surface area contributed by atoms with Gasteiger partial charge in [0.05, 0.1) is 5.56 Å². The van der Waals surface area contributed by atoms with Crippen LogP contribution in [0.2, 0.25) is 0 Å². The lowest BCUT2D eigenvalue weighted by molar-refractivity contribution is 0.100. The van der Waals surface area contributed by atoms with Crippen molar-refractivity contribution in [1.29, 1.82) is 0 Å². The van der Waals surface area contributed by atoms with E-state index in [0.717, 1.165) is 11.1 Å². The van der Waals surface area contributed by atoms with E-state index in [9.17, 15) is 9.18 Å². The Balaban J connectivity index is 2.50. The lowest BCUT2D eigenvalue weighted by atomic mass is 10.0. The molecule has 0 fully saturated rings. The van der Waals surface area contributed by atoms with E-state index in [4.69, 9.17) is 11.5 Å². The number of rotatable bonds is 2. The number of primary amides is 1. The van der Waals surface area contributed by atoms with E-state index < -0.39 is 5.91 Å². The van der Waals surface area contributed by atoms with Crippen molar-refractivity contribution in [3.05, 3.63) is 53.8 Å². The first-order valence-corrected chi connectivity index (χ1v) is 5.03. The molecule has 0 aliphatic rings. The first kappa shape index (κ1) is 11.1. The van der Waals surface area contributed by atoms with Crippen LogP contribution in [-0.2, 0) is 0 Å². The molecule has 0 saturated heterocycles. The summed E-state index contributed by atoms with van der Waals surface area (Å²) < 4.78 is 12.8. The Hall–Kier alpha value is -2.36. The van der Waals surface area contributed by atoms with Crippen molar-refractivity contribution in [1.82, 2.24) is 0 Å². The van der Waals surface area contributed by atoms with Crippen LogP contribution in [0.4, 0.5) is 10.1 Å². The summed E-state index contributed by atoms with van der Waals surface area (Å²) in [7, 11) is 0. The number of nitrogen functional groups attached to an aromatic ring is 1. The second-order valence-corrected chi connectivity index (χ2v) is 3.67. The summed E-state index contributed by atoms with van der Waals surface area (Å²) >= 11 is 0. The molecule has 2 rings (SSSR count). The summed E-state index contributed by atoms with van der Waals surface area (Å²) in [6.45, 7) is 0. The lowest BCUT2D eigenvalue weighted by Crippen LogP contribution is -2.13. The van der Waals surface area contributed by atoms with Crippen LogP contribution < -0.4 is 11.5 Å². The largest absolute Gasteiger partial charge is 0.398 e. The van der Waals surface area contributed by atoms with Gasteiger partial charge in [-0.3, -0.25) is 4.79 Å². The fraction of sp³-hybridized carbons (Fsp3) is 0. The van der Waals surface area contributed by atoms with E-state index in [1.165, 1.54) is 12.1 Å². The third kappa shape index (κ3) is 2.25. The van der Waals surface area contributed by atoms with Crippen molar-refractivity contribution in [3.63, 3.8) is 0 Å². The van der Waals surface area contributed by atoms with E-state index in [2.05, 4.69) is 0 Å². The molecule has 2 aromatic rings. The predicted molar refractivity (Wildman–Crippen MR) is 64.8 cm³/mol. The van der Waals surface area contributed by atoms with Gasteiger partial charge < -0.3 is 11.5 Å². The Morgan fingerprint density at radius 1 is 1.00 bits per heavy atom. The van der Waals surface area contributed by atoms with Crippen molar-refractivity contribution in [3.8, 4) is 11.1 Å². The number of nitrogens with two attached hydrogens (primary N) is 2. The van der Waals surface area contributed by atoms with Gasteiger partial charge in [-0.25, -0.2) is 4.39 Å². The molecule has 0 aliphatic heterocycles. The predicted octanol–water partition coefficient (Wildman–Crippen LogP) is 2.17. The Bertz CT molecular complexity index is 564. The van der Waals surface area contributed by atoms with Gasteiger partial charge in [-0.15, -0.1) is 0 Å². The number of halogens is 1. The van der Waals surface area contributed by atoms with Gasteiger partial charge >= 0.3 is 0 Å². The molecule has 0 bridgehead atoms. The van der Waals surface area contributed by atoms with Crippen molar-refractivity contribution in [2.75, 3.05) is 5.73 Å². The second-order valence-electron chi connectivity index (χ2n) is 3.67. The minimum Gasteiger partial charge on any atom is -0.398 e. The Kier molecular flexibility index (Phi) is 2.78. The van der Waals surface area contributed by atoms with Crippen LogP contribution in [-0.4, -0.2) is 5.91 Å². The van der Waals surface area contributed by atoms with Gasteiger partial charge in [-0.2, -0.15) is 0 Å². The molecule has 86 valence electrons. The van der Waals surface area contributed by atoms with Gasteiger partial charge in [-0.1, -0.05) is 18.2 Å². The van der Waals surface area contributed by atoms with Crippen LogP contribution in [0.15, 0.2) is 42.5 Å². The molecule has 0 aliphatic carbocycles. The van der Waals surface area contributed by atoms with Crippen LogP contribution >= 0.6 is 0 Å². The van der Waals surface area contributed by atoms with Gasteiger partial charge in [0.2, 0.25) is 0 Å². The summed E-state index contributed by atoms with van der Waals surface area (Å²) in [4.78, 5) is 11.1. The number of anilines is 1. The normalized spacial score (nSPS) is 10.2. The van der Waals surface area contributed by atoms with Crippen LogP contribution in [0, 0.1) is 5.82 Å². The van der Waals surface area contributed by atoms with Crippen molar-refractivity contribution in [2.24, 2.45) is 5.73 Å². The molecule has 0 spiro atoms. The Morgan fingerprint density at radius 3 is 2.18 bits per heavy atom. The molecule has 0 heterocycles. The molecule has 4 N–H and O–H groups in total. The molecular formula is C13H11FN2O. The van der Waals surface area contributed by atoms with E-state index in [1.54, 1.807) is 30.3 Å². The molecule has 4 heteroatoms. The maximum Gasteiger partial charge on any atom is 0.250 e. The van der Waals surface area contributed by atoms with Gasteiger partial charge in [0.1, 0.15) is 5.82 Å². The highest BCUT2D eigenvalue weighted by Gasteiger charge is 2.07. The summed E-state index contributed by atoms with van der Waals surface area (Å²) in [6, 6.07) is 10.9. The van der Waals surface area contributed by atoms with Gasteiger partial charge in [0, 0.05) is 5.69 Å². The van der Waals surface area contributed by atoms with Crippen molar-refractivity contribution < 1.29 is 9.18 Å². The summed E-state index contributed by atoms with van der Waals surface area (Å²) in [5.41, 5.74) is 13.0. The molecule has 1 amide bonds. The van der Waals surface area contributed by atoms with Crippen LogP contribution in [0.25, 0.3) is 11.1 Å². The highest BCUT2D eigenvalue weighted by Crippen LogP contribution is 2.23. The fourth-order valence-corrected chi connectivity index (χ4v) is 1.59. The zero-order chi connectivity index (χ0) is 12.4. The fourth-order valence-electron chi connectivity index (χ4n) is 1.59. The second kappa shape index (κ2) is 4.25. The number of hydrogen-bond acceptors (Lipinski definition) is 2. The van der Waals surface area contributed by atoms with E-state index in [-0.39, 0.29) is 11.4 Å². The molecule has 17 heavy (non-hydrogen) atoms. The third-order valence-corrected chi connectivity index (χ3v) is 2.50. The lowest BCUT2D eigenvalue weighted by Gasteiger charge is -2.06. The molecule has 3 nitrogen and oxygen atoms in total. The molecule has 0 atom stereocenters. The average molecular weight is 230 g/mol. The van der Waals surface area contributed by atoms with Crippen LogP contribution in [0.3, 0.4) is 0 Å². The Morgan fingerprint density at radius 2 is 1.59 bits per heavy atom. The minimum atomic E-state index is -0.577. The van der Waals surface area contributed by atoms with Crippen molar-refractivity contribution in [2.45, 2.75) is 0 Å². The zero-order valence-corrected chi connectivity index (χ0v) is 8.98. The summed E-state index contributed by atoms with van der Waals surface area (Å²) in [5.74, 6) is -0.884. The number of carbonyl (C=O) groups excluding carboxylic acids is 1. The highest BCUT2D eigenvalue weighted by atomic mass is 19.1. The molecule has 0 saturated carbocycles. The monoisotopic (exact) mass is 230 g/mol. The standard InChI is InChI=1S/C13H11FN2O/c14-10-4-1-8(2-5-10)9-3-6-12(15)11(7-9)13(16)17/h1-7H,15H2,(H2,16,17). The quantitative estimate of drug-likeness (QED) is 0.776. The van der Waals surface area contributed by atoms with E-state index >= 15 is 0 Å². The van der Waals surface area contributed by atoms with Gasteiger partial charge in [0.25, 0.3) is 5.91 Å². The SMILES string of the molecule is NC(=O)c1cc(-c2ccc(F)cc2)ccc1N. The maximum absolute atomic E-state index is 12.8.